The van der Waals surface area contributed by atoms with Crippen molar-refractivity contribution in [2.24, 2.45) is 0 Å². The molecule has 0 aliphatic carbocycles. The summed E-state index contributed by atoms with van der Waals surface area (Å²) in [5.74, 6) is -0.331. The second kappa shape index (κ2) is 5.24. The number of carbonyl (C=O) groups is 1. The number of halogens is 1. The maximum atomic E-state index is 11.9. The minimum Gasteiger partial charge on any atom is -0.397 e. The fourth-order valence-electron chi connectivity index (χ4n) is 1.41. The Hall–Kier alpha value is -1.79. The van der Waals surface area contributed by atoms with Gasteiger partial charge in [0.1, 0.15) is 0 Å². The first-order chi connectivity index (χ1) is 8.58. The van der Waals surface area contributed by atoms with Crippen molar-refractivity contribution in [1.29, 1.82) is 0 Å². The molecule has 5 nitrogen and oxygen atoms in total. The first-order valence-electron chi connectivity index (χ1n) is 5.07. The van der Waals surface area contributed by atoms with Crippen LogP contribution in [0.1, 0.15) is 16.1 Å². The lowest BCUT2D eigenvalue weighted by molar-refractivity contribution is 0.0951. The zero-order chi connectivity index (χ0) is 13.1. The number of para-hydroxylation sites is 1. The molecule has 1 heterocycles. The van der Waals surface area contributed by atoms with Gasteiger partial charge in [-0.25, -0.2) is 0 Å². The van der Waals surface area contributed by atoms with Crippen molar-refractivity contribution >= 4 is 34.5 Å². The molecule has 0 aliphatic rings. The van der Waals surface area contributed by atoms with Gasteiger partial charge in [-0.15, -0.1) is 0 Å². The van der Waals surface area contributed by atoms with Crippen LogP contribution >= 0.6 is 22.9 Å². The van der Waals surface area contributed by atoms with Gasteiger partial charge in [0.2, 0.25) is 0 Å². The lowest BCUT2D eigenvalue weighted by Gasteiger charge is -2.07. The molecule has 2 aromatic rings. The van der Waals surface area contributed by atoms with Crippen molar-refractivity contribution in [3.8, 4) is 0 Å². The Morgan fingerprint density at radius 3 is 2.94 bits per heavy atom. The molecular formula is C11H10ClN3O2S. The Kier molecular flexibility index (Phi) is 3.69. The summed E-state index contributed by atoms with van der Waals surface area (Å²) in [4.78, 5) is 25.2. The van der Waals surface area contributed by atoms with E-state index in [-0.39, 0.29) is 23.0 Å². The van der Waals surface area contributed by atoms with Crippen molar-refractivity contribution in [1.82, 2.24) is 10.3 Å². The summed E-state index contributed by atoms with van der Waals surface area (Å²) in [6.07, 6.45) is 0. The van der Waals surface area contributed by atoms with Gasteiger partial charge < -0.3 is 16.0 Å². The molecule has 1 aromatic heterocycles. The highest BCUT2D eigenvalue weighted by molar-refractivity contribution is 7.07. The zero-order valence-corrected chi connectivity index (χ0v) is 10.8. The Morgan fingerprint density at radius 2 is 2.28 bits per heavy atom. The van der Waals surface area contributed by atoms with Crippen molar-refractivity contribution in [2.45, 2.75) is 6.54 Å². The maximum Gasteiger partial charge on any atom is 0.304 e. The number of nitrogens with one attached hydrogen (secondary N) is 2. The average Bonchev–Trinajstić information content (AvgIpc) is 2.76. The Bertz CT molecular complexity index is 635. The summed E-state index contributed by atoms with van der Waals surface area (Å²) in [7, 11) is 0. The van der Waals surface area contributed by atoms with Crippen LogP contribution in [0.5, 0.6) is 0 Å². The number of benzene rings is 1. The molecule has 0 bridgehead atoms. The summed E-state index contributed by atoms with van der Waals surface area (Å²) in [5, 5.41) is 4.65. The van der Waals surface area contributed by atoms with E-state index in [1.165, 1.54) is 0 Å². The molecule has 0 radical (unpaired) electrons. The van der Waals surface area contributed by atoms with Crippen LogP contribution in [0, 0.1) is 0 Å². The Morgan fingerprint density at radius 1 is 1.50 bits per heavy atom. The quantitative estimate of drug-likeness (QED) is 0.748. The molecule has 1 aromatic carbocycles. The number of H-pyrrole nitrogens is 1. The fourth-order valence-corrected chi connectivity index (χ4v) is 2.16. The van der Waals surface area contributed by atoms with Gasteiger partial charge in [-0.2, -0.15) is 0 Å². The van der Waals surface area contributed by atoms with Crippen molar-refractivity contribution in [3.63, 3.8) is 0 Å². The van der Waals surface area contributed by atoms with Crippen molar-refractivity contribution in [3.05, 3.63) is 49.5 Å². The minimum absolute atomic E-state index is 0.151. The first-order valence-corrected chi connectivity index (χ1v) is 6.32. The third-order valence-corrected chi connectivity index (χ3v) is 3.36. The maximum absolute atomic E-state index is 11.9. The van der Waals surface area contributed by atoms with Crippen molar-refractivity contribution < 1.29 is 4.79 Å². The second-order valence-electron chi connectivity index (χ2n) is 3.56. The normalized spacial score (nSPS) is 10.3. The summed E-state index contributed by atoms with van der Waals surface area (Å²) in [5.41, 5.74) is 6.93. The molecule has 0 atom stereocenters. The number of hydrogen-bond donors (Lipinski definition) is 3. The SMILES string of the molecule is Nc1c(Cl)cccc1C(=O)NCc1csc(=O)[nH]1. The fraction of sp³-hybridized carbons (Fsp3) is 0.0909. The number of aromatic amines is 1. The van der Waals surface area contributed by atoms with Crippen LogP contribution in [0.15, 0.2) is 28.4 Å². The number of nitrogens with two attached hydrogens (primary N) is 1. The van der Waals surface area contributed by atoms with E-state index in [1.54, 1.807) is 23.6 Å². The third kappa shape index (κ3) is 2.72. The van der Waals surface area contributed by atoms with Crippen LogP contribution in [-0.2, 0) is 6.54 Å². The largest absolute Gasteiger partial charge is 0.397 e. The van der Waals surface area contributed by atoms with E-state index in [0.29, 0.717) is 16.3 Å². The topological polar surface area (TPSA) is 88.0 Å². The molecule has 0 fully saturated rings. The van der Waals surface area contributed by atoms with Gasteiger partial charge in [0, 0.05) is 11.1 Å². The van der Waals surface area contributed by atoms with E-state index < -0.39 is 0 Å². The number of aromatic nitrogens is 1. The summed E-state index contributed by atoms with van der Waals surface area (Å²) < 4.78 is 0. The second-order valence-corrected chi connectivity index (χ2v) is 4.81. The number of amides is 1. The molecule has 2 rings (SSSR count). The highest BCUT2D eigenvalue weighted by Gasteiger charge is 2.11. The van der Waals surface area contributed by atoms with Gasteiger partial charge in [0.05, 0.1) is 22.8 Å². The molecule has 0 unspecified atom stereocenters. The van der Waals surface area contributed by atoms with Crippen LogP contribution in [0.3, 0.4) is 0 Å². The number of thiazole rings is 1. The van der Waals surface area contributed by atoms with E-state index >= 15 is 0 Å². The molecule has 18 heavy (non-hydrogen) atoms. The van der Waals surface area contributed by atoms with Crippen LogP contribution < -0.4 is 15.9 Å². The number of nitrogen functional groups attached to an aromatic ring is 1. The number of rotatable bonds is 3. The molecule has 0 aliphatic heterocycles. The molecule has 1 amide bonds. The lowest BCUT2D eigenvalue weighted by Crippen LogP contribution is -2.24. The van der Waals surface area contributed by atoms with E-state index in [2.05, 4.69) is 10.3 Å². The van der Waals surface area contributed by atoms with Gasteiger partial charge in [-0.05, 0) is 12.1 Å². The summed E-state index contributed by atoms with van der Waals surface area (Å²) in [6, 6.07) is 4.86. The predicted octanol–water partition coefficient (Wildman–Crippen LogP) is 1.60. The number of hydrogen-bond acceptors (Lipinski definition) is 4. The minimum atomic E-state index is -0.331. The van der Waals surface area contributed by atoms with E-state index in [1.807, 2.05) is 0 Å². The molecular weight excluding hydrogens is 274 g/mol. The standard InChI is InChI=1S/C11H10ClN3O2S/c12-8-3-1-2-7(9(8)13)10(16)14-4-6-5-18-11(17)15-6/h1-3,5H,4,13H2,(H,14,16)(H,15,17). The number of anilines is 1. The van der Waals surface area contributed by atoms with Gasteiger partial charge >= 0.3 is 4.87 Å². The predicted molar refractivity (Wildman–Crippen MR) is 72.0 cm³/mol. The molecule has 0 spiro atoms. The van der Waals surface area contributed by atoms with Gasteiger partial charge in [-0.1, -0.05) is 29.0 Å². The number of carbonyl (C=O) groups excluding carboxylic acids is 1. The van der Waals surface area contributed by atoms with E-state index in [9.17, 15) is 9.59 Å². The van der Waals surface area contributed by atoms with Crippen LogP contribution in [-0.4, -0.2) is 10.9 Å². The molecule has 94 valence electrons. The highest BCUT2D eigenvalue weighted by Crippen LogP contribution is 2.22. The summed E-state index contributed by atoms with van der Waals surface area (Å²) >= 11 is 6.88. The van der Waals surface area contributed by atoms with Crippen LogP contribution in [0.25, 0.3) is 0 Å². The zero-order valence-electron chi connectivity index (χ0n) is 9.20. The monoisotopic (exact) mass is 283 g/mol. The smallest absolute Gasteiger partial charge is 0.304 e. The molecule has 0 saturated carbocycles. The Labute approximate surface area is 112 Å². The highest BCUT2D eigenvalue weighted by atomic mass is 35.5. The van der Waals surface area contributed by atoms with Crippen molar-refractivity contribution in [2.75, 3.05) is 5.73 Å². The third-order valence-electron chi connectivity index (χ3n) is 2.31. The average molecular weight is 284 g/mol. The first kappa shape index (κ1) is 12.7. The van der Waals surface area contributed by atoms with Crippen LogP contribution in [0.4, 0.5) is 5.69 Å². The van der Waals surface area contributed by atoms with Crippen LogP contribution in [0.2, 0.25) is 5.02 Å². The summed E-state index contributed by atoms with van der Waals surface area (Å²) in [6.45, 7) is 0.240. The molecule has 7 heteroatoms. The van der Waals surface area contributed by atoms with Gasteiger partial charge in [0.15, 0.2) is 0 Å². The lowest BCUT2D eigenvalue weighted by atomic mass is 10.1. The molecule has 0 saturated heterocycles. The van der Waals surface area contributed by atoms with E-state index in [4.69, 9.17) is 17.3 Å². The Balaban J connectivity index is 2.08. The molecule has 4 N–H and O–H groups in total. The van der Waals surface area contributed by atoms with Gasteiger partial charge in [-0.3, -0.25) is 9.59 Å². The van der Waals surface area contributed by atoms with E-state index in [0.717, 1.165) is 11.3 Å². The van der Waals surface area contributed by atoms with Gasteiger partial charge in [0.25, 0.3) is 5.91 Å².